The maximum atomic E-state index is 9.55. The Hall–Kier alpha value is -1.48. The number of unbranched alkanes of at least 4 members (excludes halogenated alkanes) is 1. The minimum Gasteiger partial charge on any atom is -0.478 e. The number of rotatable bonds is 9. The summed E-state index contributed by atoms with van der Waals surface area (Å²) in [4.78, 5) is 19.1. The fourth-order valence-electron chi connectivity index (χ4n) is 0.998. The zero-order chi connectivity index (χ0) is 16.0. The molecular formula is C12H26N4O4. The Morgan fingerprint density at radius 1 is 0.850 bits per heavy atom. The summed E-state index contributed by atoms with van der Waals surface area (Å²) in [5.41, 5.74) is 6.45. The van der Waals surface area contributed by atoms with Crippen LogP contribution in [0.25, 0.3) is 0 Å². The van der Waals surface area contributed by atoms with Crippen LogP contribution in [0, 0.1) is 0 Å². The SMILES string of the molecule is CN(C)NCCCCNN(C)C.O=C(O)/C=C/C(=O)O. The molecule has 0 radical (unpaired) electrons. The Bertz CT molecular complexity index is 265. The molecule has 0 amide bonds. The highest BCUT2D eigenvalue weighted by atomic mass is 16.4. The van der Waals surface area contributed by atoms with Gasteiger partial charge in [-0.3, -0.25) is 20.9 Å². The summed E-state index contributed by atoms with van der Waals surface area (Å²) in [7, 11) is 8.05. The monoisotopic (exact) mass is 290 g/mol. The van der Waals surface area contributed by atoms with Gasteiger partial charge in [-0.2, -0.15) is 0 Å². The molecule has 8 nitrogen and oxygen atoms in total. The lowest BCUT2D eigenvalue weighted by atomic mass is 10.3. The van der Waals surface area contributed by atoms with Gasteiger partial charge in [0.25, 0.3) is 0 Å². The Morgan fingerprint density at radius 2 is 1.15 bits per heavy atom. The molecule has 0 rings (SSSR count). The first kappa shape index (κ1) is 20.8. The fourth-order valence-corrected chi connectivity index (χ4v) is 0.998. The number of nitrogens with zero attached hydrogens (tertiary/aromatic N) is 2. The van der Waals surface area contributed by atoms with Gasteiger partial charge in [-0.15, -0.1) is 0 Å². The minimum atomic E-state index is -1.26. The van der Waals surface area contributed by atoms with Crippen molar-refractivity contribution in [2.24, 2.45) is 0 Å². The molecule has 0 aromatic heterocycles. The number of hydrogen-bond donors (Lipinski definition) is 4. The highest BCUT2D eigenvalue weighted by Crippen LogP contribution is 1.84. The van der Waals surface area contributed by atoms with Crippen molar-refractivity contribution >= 4 is 11.9 Å². The van der Waals surface area contributed by atoms with Gasteiger partial charge >= 0.3 is 11.9 Å². The van der Waals surface area contributed by atoms with E-state index in [2.05, 4.69) is 10.9 Å². The van der Waals surface area contributed by atoms with Crippen molar-refractivity contribution in [1.29, 1.82) is 0 Å². The number of carboxylic acid groups (broad SMARTS) is 2. The van der Waals surface area contributed by atoms with E-state index < -0.39 is 11.9 Å². The first-order valence-electron chi connectivity index (χ1n) is 6.21. The summed E-state index contributed by atoms with van der Waals surface area (Å²) in [6.45, 7) is 2.12. The van der Waals surface area contributed by atoms with E-state index in [1.807, 2.05) is 38.2 Å². The zero-order valence-corrected chi connectivity index (χ0v) is 12.6. The van der Waals surface area contributed by atoms with E-state index in [0.717, 1.165) is 13.1 Å². The van der Waals surface area contributed by atoms with Crippen molar-refractivity contribution in [3.63, 3.8) is 0 Å². The van der Waals surface area contributed by atoms with Crippen LogP contribution >= 0.6 is 0 Å². The number of carboxylic acids is 2. The largest absolute Gasteiger partial charge is 0.478 e. The molecule has 0 atom stereocenters. The molecule has 0 saturated carbocycles. The normalized spacial score (nSPS) is 10.7. The maximum absolute atomic E-state index is 9.55. The Kier molecular flexibility index (Phi) is 14.5. The predicted octanol–water partition coefficient (Wildman–Crippen LogP) is -0.389. The molecule has 8 heteroatoms. The third kappa shape index (κ3) is 25.4. The molecule has 0 aromatic carbocycles. The summed E-state index contributed by atoms with van der Waals surface area (Å²) in [6, 6.07) is 0. The van der Waals surface area contributed by atoms with E-state index in [0.29, 0.717) is 12.2 Å². The number of nitrogens with one attached hydrogen (secondary N) is 2. The molecular weight excluding hydrogens is 264 g/mol. The third-order valence-electron chi connectivity index (χ3n) is 1.83. The highest BCUT2D eigenvalue weighted by molar-refractivity contribution is 5.89. The molecule has 118 valence electrons. The molecule has 20 heavy (non-hydrogen) atoms. The van der Waals surface area contributed by atoms with Gasteiger partial charge in [0, 0.05) is 53.4 Å². The number of hydrazine groups is 2. The highest BCUT2D eigenvalue weighted by Gasteiger charge is 1.90. The second-order valence-corrected chi connectivity index (χ2v) is 4.32. The summed E-state index contributed by atoms with van der Waals surface area (Å²) < 4.78 is 0. The smallest absolute Gasteiger partial charge is 0.328 e. The molecule has 0 fully saturated rings. The number of carbonyl (C=O) groups is 2. The number of hydrogen-bond acceptors (Lipinski definition) is 6. The average Bonchev–Trinajstić information content (AvgIpc) is 2.31. The van der Waals surface area contributed by atoms with Gasteiger partial charge in [-0.25, -0.2) is 9.59 Å². The van der Waals surface area contributed by atoms with E-state index in [-0.39, 0.29) is 0 Å². The van der Waals surface area contributed by atoms with Crippen LogP contribution in [0.3, 0.4) is 0 Å². The quantitative estimate of drug-likeness (QED) is 0.258. The molecule has 0 aliphatic carbocycles. The van der Waals surface area contributed by atoms with Crippen LogP contribution in [-0.4, -0.2) is 73.4 Å². The Labute approximate surface area is 120 Å². The van der Waals surface area contributed by atoms with Gasteiger partial charge in [0.2, 0.25) is 0 Å². The first-order chi connectivity index (χ1) is 9.25. The van der Waals surface area contributed by atoms with Gasteiger partial charge in [0.15, 0.2) is 0 Å². The minimum absolute atomic E-state index is 0.558. The van der Waals surface area contributed by atoms with Crippen molar-refractivity contribution in [2.75, 3.05) is 41.3 Å². The molecule has 0 saturated heterocycles. The number of aliphatic carboxylic acids is 2. The average molecular weight is 290 g/mol. The first-order valence-corrected chi connectivity index (χ1v) is 6.21. The van der Waals surface area contributed by atoms with Crippen molar-refractivity contribution < 1.29 is 19.8 Å². The van der Waals surface area contributed by atoms with Crippen LogP contribution in [0.4, 0.5) is 0 Å². The summed E-state index contributed by atoms with van der Waals surface area (Å²) in [5, 5.41) is 19.6. The van der Waals surface area contributed by atoms with Gasteiger partial charge in [0.1, 0.15) is 0 Å². The molecule has 0 unspecified atom stereocenters. The lowest BCUT2D eigenvalue weighted by Crippen LogP contribution is -2.33. The molecule has 4 N–H and O–H groups in total. The predicted molar refractivity (Wildman–Crippen MR) is 77.0 cm³/mol. The lowest BCUT2D eigenvalue weighted by Gasteiger charge is -2.13. The summed E-state index contributed by atoms with van der Waals surface area (Å²) >= 11 is 0. The van der Waals surface area contributed by atoms with Gasteiger partial charge < -0.3 is 10.2 Å². The van der Waals surface area contributed by atoms with Crippen molar-refractivity contribution in [3.8, 4) is 0 Å². The topological polar surface area (TPSA) is 105 Å². The van der Waals surface area contributed by atoms with Crippen LogP contribution in [-0.2, 0) is 9.59 Å². The van der Waals surface area contributed by atoms with E-state index >= 15 is 0 Å². The zero-order valence-electron chi connectivity index (χ0n) is 12.6. The fraction of sp³-hybridized carbons (Fsp3) is 0.667. The summed E-state index contributed by atoms with van der Waals surface area (Å²) in [5.74, 6) is -2.51. The standard InChI is InChI=1S/C8H22N4.C4H4O4/c1-11(2)9-7-5-6-8-10-12(3)4;5-3(6)1-2-4(7)8/h9-10H,5-8H2,1-4H3;1-2H,(H,5,6)(H,7,8)/b;2-1+. The third-order valence-corrected chi connectivity index (χ3v) is 1.83. The lowest BCUT2D eigenvalue weighted by molar-refractivity contribution is -0.134. The second kappa shape index (κ2) is 13.9. The van der Waals surface area contributed by atoms with Gasteiger partial charge in [0.05, 0.1) is 0 Å². The van der Waals surface area contributed by atoms with Crippen LogP contribution in [0.1, 0.15) is 12.8 Å². The van der Waals surface area contributed by atoms with E-state index in [1.54, 1.807) is 0 Å². The molecule has 0 heterocycles. The van der Waals surface area contributed by atoms with E-state index in [9.17, 15) is 9.59 Å². The van der Waals surface area contributed by atoms with Crippen molar-refractivity contribution in [2.45, 2.75) is 12.8 Å². The van der Waals surface area contributed by atoms with Crippen molar-refractivity contribution in [1.82, 2.24) is 20.9 Å². The van der Waals surface area contributed by atoms with Gasteiger partial charge in [-0.1, -0.05) is 0 Å². The van der Waals surface area contributed by atoms with Crippen LogP contribution in [0.15, 0.2) is 12.2 Å². The molecule has 0 spiro atoms. The second-order valence-electron chi connectivity index (χ2n) is 4.32. The Balaban J connectivity index is 0. The van der Waals surface area contributed by atoms with Crippen LogP contribution < -0.4 is 10.9 Å². The van der Waals surface area contributed by atoms with Crippen LogP contribution in [0.2, 0.25) is 0 Å². The molecule has 0 bridgehead atoms. The summed E-state index contributed by atoms with van der Waals surface area (Å²) in [6.07, 6.45) is 3.53. The maximum Gasteiger partial charge on any atom is 0.328 e. The van der Waals surface area contributed by atoms with E-state index in [1.165, 1.54) is 12.8 Å². The van der Waals surface area contributed by atoms with Crippen molar-refractivity contribution in [3.05, 3.63) is 12.2 Å². The molecule has 0 aromatic rings. The van der Waals surface area contributed by atoms with Gasteiger partial charge in [-0.05, 0) is 12.8 Å². The van der Waals surface area contributed by atoms with E-state index in [4.69, 9.17) is 10.2 Å². The molecule has 0 aliphatic rings. The molecule has 0 aliphatic heterocycles. The van der Waals surface area contributed by atoms with Crippen LogP contribution in [0.5, 0.6) is 0 Å². The Morgan fingerprint density at radius 3 is 1.35 bits per heavy atom.